The summed E-state index contributed by atoms with van der Waals surface area (Å²) in [7, 11) is 0. The standard InChI is InChI=1S/C6H10/c1-4-6(3)5-2/h1,6H,5H2,2-3H3/t6-/m0/s1. The van der Waals surface area contributed by atoms with Crippen LogP contribution in [0.15, 0.2) is 0 Å². The highest BCUT2D eigenvalue weighted by molar-refractivity contribution is 4.88. The van der Waals surface area contributed by atoms with Crippen molar-refractivity contribution in [3.8, 4) is 12.3 Å². The van der Waals surface area contributed by atoms with Gasteiger partial charge in [-0.25, -0.2) is 0 Å². The first-order valence-electron chi connectivity index (χ1n) is 2.27. The van der Waals surface area contributed by atoms with Gasteiger partial charge in [0.2, 0.25) is 0 Å². The SMILES string of the molecule is C#C[C@H](C)CC. The summed E-state index contributed by atoms with van der Waals surface area (Å²) in [5.74, 6) is 3.08. The Kier molecular flexibility index (Phi) is 2.58. The van der Waals surface area contributed by atoms with Gasteiger partial charge in [-0.2, -0.15) is 0 Å². The molecular weight excluding hydrogens is 72.1 g/mol. The Morgan fingerprint density at radius 1 is 1.83 bits per heavy atom. The van der Waals surface area contributed by atoms with Gasteiger partial charge >= 0.3 is 0 Å². The molecule has 0 nitrogen and oxygen atoms in total. The normalized spacial score (nSPS) is 12.8. The molecule has 0 heterocycles. The van der Waals surface area contributed by atoms with Crippen molar-refractivity contribution in [2.45, 2.75) is 20.3 Å². The van der Waals surface area contributed by atoms with Crippen LogP contribution in [0.3, 0.4) is 0 Å². The van der Waals surface area contributed by atoms with Gasteiger partial charge in [-0.3, -0.25) is 0 Å². The van der Waals surface area contributed by atoms with E-state index in [0.717, 1.165) is 6.42 Å². The molecule has 0 saturated carbocycles. The molecule has 34 valence electrons. The minimum atomic E-state index is 0.463. The van der Waals surface area contributed by atoms with E-state index in [2.05, 4.69) is 12.8 Å². The molecule has 0 heteroatoms. The zero-order chi connectivity index (χ0) is 4.99. The minimum absolute atomic E-state index is 0.463. The molecule has 0 aliphatic heterocycles. The quantitative estimate of drug-likeness (QED) is 0.422. The molecule has 0 saturated heterocycles. The van der Waals surface area contributed by atoms with E-state index >= 15 is 0 Å². The van der Waals surface area contributed by atoms with Crippen LogP contribution in [0.2, 0.25) is 0 Å². The minimum Gasteiger partial charge on any atom is -0.120 e. The molecule has 0 aliphatic rings. The van der Waals surface area contributed by atoms with Gasteiger partial charge in [0.1, 0.15) is 0 Å². The highest BCUT2D eigenvalue weighted by atomic mass is 13.9. The Morgan fingerprint density at radius 3 is 2.33 bits per heavy atom. The summed E-state index contributed by atoms with van der Waals surface area (Å²) in [5, 5.41) is 0. The van der Waals surface area contributed by atoms with Crippen LogP contribution in [0.1, 0.15) is 20.3 Å². The molecule has 0 unspecified atom stereocenters. The topological polar surface area (TPSA) is 0 Å². The fourth-order valence-corrected chi connectivity index (χ4v) is 0.118. The molecule has 0 spiro atoms. The number of terminal acetylenes is 1. The average molecular weight is 82.1 g/mol. The van der Waals surface area contributed by atoms with E-state index in [9.17, 15) is 0 Å². The number of hydrogen-bond acceptors (Lipinski definition) is 0. The van der Waals surface area contributed by atoms with Gasteiger partial charge in [0, 0.05) is 5.92 Å². The van der Waals surface area contributed by atoms with E-state index in [1.54, 1.807) is 0 Å². The third-order valence-electron chi connectivity index (χ3n) is 0.897. The molecule has 0 aliphatic carbocycles. The Balaban J connectivity index is 3.04. The van der Waals surface area contributed by atoms with Crippen molar-refractivity contribution in [2.75, 3.05) is 0 Å². The second-order valence-electron chi connectivity index (χ2n) is 1.48. The van der Waals surface area contributed by atoms with Crippen LogP contribution in [0.5, 0.6) is 0 Å². The van der Waals surface area contributed by atoms with Gasteiger partial charge < -0.3 is 0 Å². The summed E-state index contributed by atoms with van der Waals surface area (Å²) in [6.07, 6.45) is 6.13. The van der Waals surface area contributed by atoms with E-state index < -0.39 is 0 Å². The zero-order valence-corrected chi connectivity index (χ0v) is 4.36. The highest BCUT2D eigenvalue weighted by Crippen LogP contribution is 1.94. The summed E-state index contributed by atoms with van der Waals surface area (Å²) in [6, 6.07) is 0. The van der Waals surface area contributed by atoms with Crippen LogP contribution >= 0.6 is 0 Å². The molecule has 6 heavy (non-hydrogen) atoms. The summed E-state index contributed by atoms with van der Waals surface area (Å²) in [4.78, 5) is 0. The van der Waals surface area contributed by atoms with Gasteiger partial charge in [-0.05, 0) is 6.42 Å². The Morgan fingerprint density at radius 2 is 2.33 bits per heavy atom. The van der Waals surface area contributed by atoms with Crippen molar-refractivity contribution in [2.24, 2.45) is 5.92 Å². The monoisotopic (exact) mass is 82.1 g/mol. The molecule has 0 N–H and O–H groups in total. The van der Waals surface area contributed by atoms with Gasteiger partial charge in [-0.15, -0.1) is 12.3 Å². The highest BCUT2D eigenvalue weighted by Gasteiger charge is 1.84. The molecule has 0 aromatic carbocycles. The van der Waals surface area contributed by atoms with E-state index in [-0.39, 0.29) is 0 Å². The van der Waals surface area contributed by atoms with Gasteiger partial charge in [0.05, 0.1) is 0 Å². The summed E-state index contributed by atoms with van der Waals surface area (Å²) in [5.41, 5.74) is 0. The van der Waals surface area contributed by atoms with E-state index in [1.165, 1.54) is 0 Å². The predicted octanol–water partition coefficient (Wildman–Crippen LogP) is 1.67. The molecule has 0 bridgehead atoms. The Labute approximate surface area is 39.6 Å². The first kappa shape index (κ1) is 5.56. The predicted molar refractivity (Wildman–Crippen MR) is 28.3 cm³/mol. The summed E-state index contributed by atoms with van der Waals surface area (Å²) >= 11 is 0. The van der Waals surface area contributed by atoms with Crippen molar-refractivity contribution in [1.29, 1.82) is 0 Å². The van der Waals surface area contributed by atoms with Gasteiger partial charge in [0.15, 0.2) is 0 Å². The number of hydrogen-bond donors (Lipinski definition) is 0. The molecule has 0 rings (SSSR count). The summed E-state index contributed by atoms with van der Waals surface area (Å²) < 4.78 is 0. The third-order valence-corrected chi connectivity index (χ3v) is 0.897. The molecular formula is C6H10. The lowest BCUT2D eigenvalue weighted by Gasteiger charge is -1.90. The molecule has 0 fully saturated rings. The maximum atomic E-state index is 5.03. The molecule has 0 aromatic rings. The lowest BCUT2D eigenvalue weighted by Crippen LogP contribution is -1.81. The average Bonchev–Trinajstić information content (AvgIpc) is 1.65. The van der Waals surface area contributed by atoms with E-state index in [4.69, 9.17) is 6.42 Å². The summed E-state index contributed by atoms with van der Waals surface area (Å²) in [6.45, 7) is 4.13. The first-order chi connectivity index (χ1) is 2.81. The van der Waals surface area contributed by atoms with Gasteiger partial charge in [0.25, 0.3) is 0 Å². The van der Waals surface area contributed by atoms with Gasteiger partial charge in [-0.1, -0.05) is 13.8 Å². The second-order valence-corrected chi connectivity index (χ2v) is 1.48. The van der Waals surface area contributed by atoms with Crippen LogP contribution in [0, 0.1) is 18.3 Å². The van der Waals surface area contributed by atoms with Crippen LogP contribution in [0.4, 0.5) is 0 Å². The van der Waals surface area contributed by atoms with E-state index in [1.807, 2.05) is 6.92 Å². The fraction of sp³-hybridized carbons (Fsp3) is 0.667. The lowest BCUT2D eigenvalue weighted by atomic mass is 10.1. The Hall–Kier alpha value is -0.440. The van der Waals surface area contributed by atoms with Crippen molar-refractivity contribution < 1.29 is 0 Å². The maximum Gasteiger partial charge on any atom is 0.0169 e. The number of rotatable bonds is 1. The molecule has 0 aromatic heterocycles. The fourth-order valence-electron chi connectivity index (χ4n) is 0.118. The first-order valence-corrected chi connectivity index (χ1v) is 2.27. The lowest BCUT2D eigenvalue weighted by molar-refractivity contribution is 0.724. The largest absolute Gasteiger partial charge is 0.120 e. The molecule has 0 radical (unpaired) electrons. The van der Waals surface area contributed by atoms with Crippen LogP contribution in [-0.2, 0) is 0 Å². The van der Waals surface area contributed by atoms with Crippen LogP contribution in [-0.4, -0.2) is 0 Å². The maximum absolute atomic E-state index is 5.03. The van der Waals surface area contributed by atoms with Crippen molar-refractivity contribution in [3.05, 3.63) is 0 Å². The smallest absolute Gasteiger partial charge is 0.0169 e. The van der Waals surface area contributed by atoms with E-state index in [0.29, 0.717) is 5.92 Å². The molecule has 0 amide bonds. The molecule has 1 atom stereocenters. The zero-order valence-electron chi connectivity index (χ0n) is 4.36. The Bertz CT molecular complexity index is 56.9. The van der Waals surface area contributed by atoms with Crippen molar-refractivity contribution in [3.63, 3.8) is 0 Å². The second kappa shape index (κ2) is 2.78. The van der Waals surface area contributed by atoms with Crippen LogP contribution in [0.25, 0.3) is 0 Å². The van der Waals surface area contributed by atoms with Crippen molar-refractivity contribution in [1.82, 2.24) is 0 Å². The van der Waals surface area contributed by atoms with Crippen molar-refractivity contribution >= 4 is 0 Å². The van der Waals surface area contributed by atoms with Crippen LogP contribution < -0.4 is 0 Å². The third kappa shape index (κ3) is 1.84.